The maximum atomic E-state index is 12.9. The van der Waals surface area contributed by atoms with E-state index >= 15 is 0 Å². The fourth-order valence-corrected chi connectivity index (χ4v) is 3.59. The van der Waals surface area contributed by atoms with E-state index in [0.717, 1.165) is 29.7 Å². The van der Waals surface area contributed by atoms with Gasteiger partial charge in [-0.2, -0.15) is 0 Å². The van der Waals surface area contributed by atoms with Crippen molar-refractivity contribution in [3.05, 3.63) is 95.6 Å². The molecule has 1 fully saturated rings. The van der Waals surface area contributed by atoms with Crippen LogP contribution in [-0.2, 0) is 4.79 Å². The molecule has 6 nitrogen and oxygen atoms in total. The number of nitrogens with zero attached hydrogens (tertiary/aromatic N) is 3. The summed E-state index contributed by atoms with van der Waals surface area (Å²) >= 11 is 0. The number of carbonyl (C=O) groups excluding carboxylic acids is 2. The van der Waals surface area contributed by atoms with Gasteiger partial charge in [0, 0.05) is 25.2 Å². The Labute approximate surface area is 182 Å². The summed E-state index contributed by atoms with van der Waals surface area (Å²) in [5.41, 5.74) is 3.13. The summed E-state index contributed by atoms with van der Waals surface area (Å²) in [6.07, 6.45) is 5.26. The molecule has 1 aliphatic carbocycles. The highest BCUT2D eigenvalue weighted by atomic mass is 16.2. The molecular formula is C25H26N4O2. The van der Waals surface area contributed by atoms with Crippen molar-refractivity contribution in [2.45, 2.75) is 38.3 Å². The average Bonchev–Trinajstić information content (AvgIpc) is 3.64. The Morgan fingerprint density at radius 2 is 1.58 bits per heavy atom. The van der Waals surface area contributed by atoms with Gasteiger partial charge in [0.15, 0.2) is 0 Å². The standard InChI is InChI=1S/C25H26N4O2/c1-18-16-27-22(17-26-18)25(31)29(21-12-13-21)15-14-23(30)28-24(19-8-4-2-5-9-19)20-10-6-3-7-11-20/h2-11,16-17,21,24H,12-15H2,1H3,(H,28,30). The van der Waals surface area contributed by atoms with Gasteiger partial charge >= 0.3 is 0 Å². The van der Waals surface area contributed by atoms with Crippen LogP contribution in [0.4, 0.5) is 0 Å². The molecule has 0 saturated heterocycles. The summed E-state index contributed by atoms with van der Waals surface area (Å²) in [5.74, 6) is -0.253. The lowest BCUT2D eigenvalue weighted by Crippen LogP contribution is -2.38. The van der Waals surface area contributed by atoms with E-state index in [0.29, 0.717) is 12.2 Å². The summed E-state index contributed by atoms with van der Waals surface area (Å²) in [4.78, 5) is 35.9. The number of aromatic nitrogens is 2. The Morgan fingerprint density at radius 1 is 0.968 bits per heavy atom. The van der Waals surface area contributed by atoms with Gasteiger partial charge in [0.2, 0.25) is 5.91 Å². The van der Waals surface area contributed by atoms with Crippen molar-refractivity contribution in [1.82, 2.24) is 20.2 Å². The van der Waals surface area contributed by atoms with E-state index in [4.69, 9.17) is 0 Å². The molecule has 3 aromatic rings. The molecule has 31 heavy (non-hydrogen) atoms. The van der Waals surface area contributed by atoms with Crippen molar-refractivity contribution in [2.24, 2.45) is 0 Å². The first-order valence-corrected chi connectivity index (χ1v) is 10.6. The van der Waals surface area contributed by atoms with Gasteiger partial charge in [-0.05, 0) is 30.9 Å². The summed E-state index contributed by atoms with van der Waals surface area (Å²) in [6.45, 7) is 2.20. The first kappa shape index (κ1) is 20.7. The SMILES string of the molecule is Cc1cnc(C(=O)N(CCC(=O)NC(c2ccccc2)c2ccccc2)C2CC2)cn1. The number of hydrogen-bond acceptors (Lipinski definition) is 4. The molecule has 0 aliphatic heterocycles. The van der Waals surface area contributed by atoms with Gasteiger partial charge in [-0.25, -0.2) is 4.98 Å². The molecular weight excluding hydrogens is 388 g/mol. The molecule has 1 aromatic heterocycles. The predicted octanol–water partition coefficient (Wildman–Crippen LogP) is 3.69. The molecule has 0 atom stereocenters. The second kappa shape index (κ2) is 9.51. The highest BCUT2D eigenvalue weighted by Crippen LogP contribution is 2.28. The number of carbonyl (C=O) groups is 2. The fraction of sp³-hybridized carbons (Fsp3) is 0.280. The van der Waals surface area contributed by atoms with Gasteiger partial charge in [0.1, 0.15) is 5.69 Å². The van der Waals surface area contributed by atoms with E-state index in [1.165, 1.54) is 6.20 Å². The normalized spacial score (nSPS) is 13.1. The van der Waals surface area contributed by atoms with E-state index in [1.807, 2.05) is 67.6 Å². The monoisotopic (exact) mass is 414 g/mol. The zero-order valence-corrected chi connectivity index (χ0v) is 17.6. The van der Waals surface area contributed by atoms with E-state index in [2.05, 4.69) is 15.3 Å². The third-order valence-corrected chi connectivity index (χ3v) is 5.40. The summed E-state index contributed by atoms with van der Waals surface area (Å²) in [6, 6.07) is 19.8. The Hall–Kier alpha value is -3.54. The van der Waals surface area contributed by atoms with Gasteiger partial charge in [-0.3, -0.25) is 14.6 Å². The molecule has 1 N–H and O–H groups in total. The largest absolute Gasteiger partial charge is 0.345 e. The first-order valence-electron chi connectivity index (χ1n) is 10.6. The molecule has 6 heteroatoms. The van der Waals surface area contributed by atoms with Gasteiger partial charge in [0.05, 0.1) is 17.9 Å². The Morgan fingerprint density at radius 3 is 2.10 bits per heavy atom. The Bertz CT molecular complexity index is 979. The number of rotatable bonds is 8. The van der Waals surface area contributed by atoms with Crippen molar-refractivity contribution in [1.29, 1.82) is 0 Å². The van der Waals surface area contributed by atoms with E-state index in [1.54, 1.807) is 11.1 Å². The number of aryl methyl sites for hydroxylation is 1. The molecule has 1 heterocycles. The highest BCUT2D eigenvalue weighted by molar-refractivity contribution is 5.92. The van der Waals surface area contributed by atoms with Crippen LogP contribution in [0.15, 0.2) is 73.1 Å². The maximum absolute atomic E-state index is 12.9. The van der Waals surface area contributed by atoms with Crippen molar-refractivity contribution >= 4 is 11.8 Å². The third kappa shape index (κ3) is 5.34. The van der Waals surface area contributed by atoms with Crippen LogP contribution >= 0.6 is 0 Å². The van der Waals surface area contributed by atoms with Gasteiger partial charge in [-0.1, -0.05) is 60.7 Å². The second-order valence-electron chi connectivity index (χ2n) is 7.84. The smallest absolute Gasteiger partial charge is 0.274 e. The molecule has 0 bridgehead atoms. The third-order valence-electron chi connectivity index (χ3n) is 5.40. The number of amides is 2. The number of nitrogens with one attached hydrogen (secondary N) is 1. The minimum absolute atomic E-state index is 0.0915. The van der Waals surface area contributed by atoms with E-state index in [9.17, 15) is 9.59 Å². The predicted molar refractivity (Wildman–Crippen MR) is 118 cm³/mol. The minimum atomic E-state index is -0.233. The lowest BCUT2D eigenvalue weighted by Gasteiger charge is -2.23. The summed E-state index contributed by atoms with van der Waals surface area (Å²) in [7, 11) is 0. The van der Waals surface area contributed by atoms with Crippen molar-refractivity contribution in [2.75, 3.05) is 6.54 Å². The molecule has 158 valence electrons. The van der Waals surface area contributed by atoms with Crippen LogP contribution in [0.3, 0.4) is 0 Å². The summed E-state index contributed by atoms with van der Waals surface area (Å²) < 4.78 is 0. The van der Waals surface area contributed by atoms with Crippen LogP contribution in [0.1, 0.15) is 52.6 Å². The number of hydrogen-bond donors (Lipinski definition) is 1. The van der Waals surface area contributed by atoms with Crippen LogP contribution in [0.25, 0.3) is 0 Å². The van der Waals surface area contributed by atoms with E-state index < -0.39 is 0 Å². The topological polar surface area (TPSA) is 75.2 Å². The van der Waals surface area contributed by atoms with Crippen LogP contribution in [0.2, 0.25) is 0 Å². The zero-order chi connectivity index (χ0) is 21.6. The summed E-state index contributed by atoms with van der Waals surface area (Å²) in [5, 5.41) is 3.15. The molecule has 1 aliphatic rings. The quantitative estimate of drug-likeness (QED) is 0.610. The van der Waals surface area contributed by atoms with Gasteiger partial charge in [0.25, 0.3) is 5.91 Å². The van der Waals surface area contributed by atoms with E-state index in [-0.39, 0.29) is 30.3 Å². The van der Waals surface area contributed by atoms with Crippen LogP contribution < -0.4 is 5.32 Å². The van der Waals surface area contributed by atoms with Crippen LogP contribution in [0.5, 0.6) is 0 Å². The van der Waals surface area contributed by atoms with Crippen LogP contribution in [-0.4, -0.2) is 39.3 Å². The minimum Gasteiger partial charge on any atom is -0.345 e. The lowest BCUT2D eigenvalue weighted by molar-refractivity contribution is -0.121. The maximum Gasteiger partial charge on any atom is 0.274 e. The number of benzene rings is 2. The molecule has 2 aromatic carbocycles. The highest BCUT2D eigenvalue weighted by Gasteiger charge is 2.34. The molecule has 0 spiro atoms. The second-order valence-corrected chi connectivity index (χ2v) is 7.84. The van der Waals surface area contributed by atoms with Crippen molar-refractivity contribution < 1.29 is 9.59 Å². The lowest BCUT2D eigenvalue weighted by atomic mass is 9.98. The fourth-order valence-electron chi connectivity index (χ4n) is 3.59. The molecule has 1 saturated carbocycles. The molecule has 0 unspecified atom stereocenters. The molecule has 2 amide bonds. The van der Waals surface area contributed by atoms with Gasteiger partial charge in [-0.15, -0.1) is 0 Å². The first-order chi connectivity index (χ1) is 15.1. The van der Waals surface area contributed by atoms with Gasteiger partial charge < -0.3 is 10.2 Å². The van der Waals surface area contributed by atoms with Crippen molar-refractivity contribution in [3.8, 4) is 0 Å². The Balaban J connectivity index is 1.43. The zero-order valence-electron chi connectivity index (χ0n) is 17.6. The Kier molecular flexibility index (Phi) is 6.36. The average molecular weight is 415 g/mol. The molecule has 4 rings (SSSR count). The van der Waals surface area contributed by atoms with Crippen LogP contribution in [0, 0.1) is 6.92 Å². The molecule has 0 radical (unpaired) electrons. The van der Waals surface area contributed by atoms with Crippen molar-refractivity contribution in [3.63, 3.8) is 0 Å².